The molecule has 5 N–H and O–H groups in total. The molecule has 0 aliphatic carbocycles. The summed E-state index contributed by atoms with van der Waals surface area (Å²) in [6.45, 7) is 4.93. The Kier molecular flexibility index (Phi) is 8.42. The summed E-state index contributed by atoms with van der Waals surface area (Å²) >= 11 is 4.24. The van der Waals surface area contributed by atoms with E-state index in [1.165, 1.54) is 53.9 Å². The van der Waals surface area contributed by atoms with Crippen LogP contribution in [0.2, 0.25) is 0 Å². The molecule has 3 aromatic rings. The first-order chi connectivity index (χ1) is 13.5. The van der Waals surface area contributed by atoms with Crippen molar-refractivity contribution in [3.05, 3.63) is 48.0 Å². The highest BCUT2D eigenvalue weighted by atomic mass is 32.1. The Balaban J connectivity index is 0.000000500. The molecule has 3 rings (SSSR count). The zero-order chi connectivity index (χ0) is 20.5. The van der Waals surface area contributed by atoms with E-state index in [1.807, 2.05) is 17.6 Å². The second-order valence-electron chi connectivity index (χ2n) is 6.88. The zero-order valence-electron chi connectivity index (χ0n) is 16.7. The van der Waals surface area contributed by atoms with Gasteiger partial charge in [-0.15, -0.1) is 0 Å². The van der Waals surface area contributed by atoms with E-state index in [0.29, 0.717) is 0 Å². The minimum Gasteiger partial charge on any atom is -0.375 e. The molecule has 0 atom stereocenters. The Bertz CT molecular complexity index is 948. The maximum Gasteiger partial charge on any atom is 0.177 e. The summed E-state index contributed by atoms with van der Waals surface area (Å²) in [7, 11) is 0. The first-order valence-electron chi connectivity index (χ1n) is 9.77. The largest absolute Gasteiger partial charge is 0.375 e. The number of benzene rings is 2. The maximum absolute atomic E-state index is 11.7. The van der Waals surface area contributed by atoms with Gasteiger partial charge in [-0.2, -0.15) is 0 Å². The van der Waals surface area contributed by atoms with Crippen molar-refractivity contribution in [2.24, 2.45) is 11.6 Å². The number of hydrazine groups is 1. The van der Waals surface area contributed by atoms with Gasteiger partial charge >= 0.3 is 0 Å². The lowest BCUT2D eigenvalue weighted by atomic mass is 10.1. The van der Waals surface area contributed by atoms with Crippen LogP contribution in [0.1, 0.15) is 56.3 Å². The molecule has 0 saturated heterocycles. The number of Topliss-reactive ketones (excluding diaryl/α,β-unsaturated/α-hetero) is 1. The molecule has 0 aliphatic rings. The van der Waals surface area contributed by atoms with Gasteiger partial charge < -0.3 is 15.7 Å². The number of nitrogens with zero attached hydrogens (tertiary/aromatic N) is 1. The van der Waals surface area contributed by atoms with Crippen molar-refractivity contribution >= 4 is 44.9 Å². The van der Waals surface area contributed by atoms with Crippen LogP contribution < -0.4 is 17.0 Å². The molecular weight excluding hydrogens is 368 g/mol. The molecule has 1 aromatic heterocycles. The number of nitrogens with two attached hydrogens (primary N) is 2. The van der Waals surface area contributed by atoms with Gasteiger partial charge in [0.2, 0.25) is 0 Å². The Morgan fingerprint density at radius 1 is 1.04 bits per heavy atom. The predicted molar refractivity (Wildman–Crippen MR) is 122 cm³/mol. The third-order valence-corrected chi connectivity index (χ3v) is 4.92. The van der Waals surface area contributed by atoms with E-state index in [2.05, 4.69) is 59.9 Å². The molecule has 0 aliphatic heterocycles. The maximum atomic E-state index is 11.7. The number of aromatic nitrogens is 1. The molecule has 1 heterocycles. The Morgan fingerprint density at radius 3 is 2.32 bits per heavy atom. The molecular formula is C22H30N4OS. The minimum atomic E-state index is 0.116. The molecule has 0 saturated carbocycles. The van der Waals surface area contributed by atoms with Gasteiger partial charge in [0.1, 0.15) is 0 Å². The van der Waals surface area contributed by atoms with Crippen LogP contribution in [-0.4, -0.2) is 15.5 Å². The van der Waals surface area contributed by atoms with Crippen LogP contribution in [0.15, 0.2) is 42.5 Å². The number of rotatable bonds is 7. The standard InChI is InChI=1S/C21H25NO.CH5N3S/c1-3-4-5-6-9-14-22-20-11-8-7-10-18(20)19-15-17(16(2)23)12-13-21(19)22;2-1(5)4-3/h7-8,10-13,15H,3-6,9,14H2,1-2H3;3H2,(H3,2,4,5). The van der Waals surface area contributed by atoms with Gasteiger partial charge in [0, 0.05) is 33.9 Å². The Morgan fingerprint density at radius 2 is 1.68 bits per heavy atom. The normalized spacial score (nSPS) is 10.5. The summed E-state index contributed by atoms with van der Waals surface area (Å²) in [5, 5.41) is 2.56. The smallest absolute Gasteiger partial charge is 0.177 e. The summed E-state index contributed by atoms with van der Waals surface area (Å²) in [6.07, 6.45) is 6.43. The number of nitrogens with one attached hydrogen (secondary N) is 1. The van der Waals surface area contributed by atoms with Gasteiger partial charge in [-0.05, 0) is 49.8 Å². The SMILES string of the molecule is CCCCCCCn1c2ccccc2c2cc(C(C)=O)ccc21.NNC(N)=S. The molecule has 5 nitrogen and oxygen atoms in total. The summed E-state index contributed by atoms with van der Waals surface area (Å²) in [4.78, 5) is 11.7. The zero-order valence-corrected chi connectivity index (χ0v) is 17.5. The second kappa shape index (κ2) is 10.8. The van der Waals surface area contributed by atoms with Gasteiger partial charge in [-0.3, -0.25) is 4.79 Å². The van der Waals surface area contributed by atoms with E-state index in [1.54, 1.807) is 6.92 Å². The van der Waals surface area contributed by atoms with Gasteiger partial charge in [0.15, 0.2) is 10.9 Å². The topological polar surface area (TPSA) is 86.1 Å². The molecule has 0 unspecified atom stereocenters. The number of ketones is 1. The first kappa shape index (κ1) is 21.9. The monoisotopic (exact) mass is 398 g/mol. The highest BCUT2D eigenvalue weighted by Crippen LogP contribution is 2.30. The van der Waals surface area contributed by atoms with Gasteiger partial charge in [-0.25, -0.2) is 5.84 Å². The summed E-state index contributed by atoms with van der Waals surface area (Å²) in [5.41, 5.74) is 10.1. The van der Waals surface area contributed by atoms with E-state index in [-0.39, 0.29) is 10.9 Å². The fourth-order valence-corrected chi connectivity index (χ4v) is 3.39. The fraction of sp³-hybridized carbons (Fsp3) is 0.364. The Labute approximate surface area is 172 Å². The molecule has 6 heteroatoms. The number of fused-ring (bicyclic) bond motifs is 3. The molecule has 0 spiro atoms. The molecule has 0 amide bonds. The minimum absolute atomic E-state index is 0.116. The lowest BCUT2D eigenvalue weighted by Gasteiger charge is -2.07. The fourth-order valence-electron chi connectivity index (χ4n) is 3.39. The van der Waals surface area contributed by atoms with Crippen molar-refractivity contribution in [3.8, 4) is 0 Å². The lowest BCUT2D eigenvalue weighted by molar-refractivity contribution is 0.101. The molecule has 0 radical (unpaired) electrons. The average Bonchev–Trinajstić information content (AvgIpc) is 3.01. The van der Waals surface area contributed by atoms with E-state index in [0.717, 1.165) is 12.1 Å². The van der Waals surface area contributed by atoms with Crippen molar-refractivity contribution in [2.45, 2.75) is 52.5 Å². The van der Waals surface area contributed by atoms with Crippen LogP contribution in [0.4, 0.5) is 0 Å². The van der Waals surface area contributed by atoms with Crippen LogP contribution in [-0.2, 0) is 6.54 Å². The number of thiocarbonyl (C=S) groups is 1. The van der Waals surface area contributed by atoms with Crippen molar-refractivity contribution in [3.63, 3.8) is 0 Å². The summed E-state index contributed by atoms with van der Waals surface area (Å²) in [6, 6.07) is 14.6. The summed E-state index contributed by atoms with van der Waals surface area (Å²) < 4.78 is 2.42. The van der Waals surface area contributed by atoms with Crippen molar-refractivity contribution < 1.29 is 4.79 Å². The van der Waals surface area contributed by atoms with E-state index >= 15 is 0 Å². The number of para-hydroxylation sites is 1. The van der Waals surface area contributed by atoms with Crippen LogP contribution in [0, 0.1) is 0 Å². The van der Waals surface area contributed by atoms with Crippen LogP contribution in [0.3, 0.4) is 0 Å². The number of hydrogen-bond donors (Lipinski definition) is 3. The summed E-state index contributed by atoms with van der Waals surface area (Å²) in [5.74, 6) is 4.78. The van der Waals surface area contributed by atoms with E-state index < -0.39 is 0 Å². The van der Waals surface area contributed by atoms with Crippen LogP contribution in [0.5, 0.6) is 0 Å². The number of aryl methyl sites for hydroxylation is 1. The Hall–Kier alpha value is -2.44. The highest BCUT2D eigenvalue weighted by molar-refractivity contribution is 7.80. The molecule has 150 valence electrons. The van der Waals surface area contributed by atoms with E-state index in [4.69, 9.17) is 5.73 Å². The number of carbonyl (C=O) groups is 1. The van der Waals surface area contributed by atoms with Crippen molar-refractivity contribution in [1.82, 2.24) is 9.99 Å². The number of unbranched alkanes of at least 4 members (excludes halogenated alkanes) is 4. The van der Waals surface area contributed by atoms with Crippen LogP contribution >= 0.6 is 12.2 Å². The van der Waals surface area contributed by atoms with Crippen LogP contribution in [0.25, 0.3) is 21.8 Å². The lowest BCUT2D eigenvalue weighted by Crippen LogP contribution is -2.34. The molecule has 28 heavy (non-hydrogen) atoms. The first-order valence-corrected chi connectivity index (χ1v) is 10.2. The average molecular weight is 399 g/mol. The van der Waals surface area contributed by atoms with Gasteiger partial charge in [0.05, 0.1) is 0 Å². The number of hydrogen-bond acceptors (Lipinski definition) is 3. The highest BCUT2D eigenvalue weighted by Gasteiger charge is 2.11. The van der Waals surface area contributed by atoms with Gasteiger partial charge in [0.25, 0.3) is 0 Å². The quantitative estimate of drug-likeness (QED) is 0.177. The van der Waals surface area contributed by atoms with Crippen molar-refractivity contribution in [2.75, 3.05) is 0 Å². The molecule has 2 aromatic carbocycles. The molecule has 0 fully saturated rings. The third-order valence-electron chi connectivity index (χ3n) is 4.81. The van der Waals surface area contributed by atoms with Gasteiger partial charge in [-0.1, -0.05) is 50.8 Å². The number of carbonyl (C=O) groups excluding carboxylic acids is 1. The second-order valence-corrected chi connectivity index (χ2v) is 7.32. The van der Waals surface area contributed by atoms with Crippen molar-refractivity contribution in [1.29, 1.82) is 0 Å². The van der Waals surface area contributed by atoms with E-state index in [9.17, 15) is 4.79 Å². The molecule has 0 bridgehead atoms. The third kappa shape index (κ3) is 5.53. The predicted octanol–water partition coefficient (Wildman–Crippen LogP) is 4.66.